The van der Waals surface area contributed by atoms with Gasteiger partial charge in [0.2, 0.25) is 5.91 Å². The van der Waals surface area contributed by atoms with E-state index in [2.05, 4.69) is 10.6 Å². The van der Waals surface area contributed by atoms with E-state index < -0.39 is 0 Å². The summed E-state index contributed by atoms with van der Waals surface area (Å²) in [7, 11) is 0. The first-order chi connectivity index (χ1) is 6.83. The lowest BCUT2D eigenvalue weighted by Crippen LogP contribution is -2.35. The Morgan fingerprint density at radius 1 is 1.36 bits per heavy atom. The molecule has 0 unspecified atom stereocenters. The highest BCUT2D eigenvalue weighted by Gasteiger charge is 2.20. The Morgan fingerprint density at radius 3 is 2.79 bits per heavy atom. The van der Waals surface area contributed by atoms with Gasteiger partial charge in [0.1, 0.15) is 0 Å². The van der Waals surface area contributed by atoms with Crippen molar-refractivity contribution in [2.45, 2.75) is 25.7 Å². The molecule has 0 aromatic heterocycles. The van der Waals surface area contributed by atoms with Gasteiger partial charge in [-0.05, 0) is 38.1 Å². The molecular formula is C10H20N2O2. The molecule has 1 rings (SSSR count). The van der Waals surface area contributed by atoms with Gasteiger partial charge < -0.3 is 15.7 Å². The molecule has 0 saturated heterocycles. The van der Waals surface area contributed by atoms with Crippen LogP contribution in [0.4, 0.5) is 0 Å². The monoisotopic (exact) mass is 200 g/mol. The van der Waals surface area contributed by atoms with E-state index in [0.717, 1.165) is 25.3 Å². The summed E-state index contributed by atoms with van der Waals surface area (Å²) in [6.07, 6.45) is 4.23. The van der Waals surface area contributed by atoms with Gasteiger partial charge in [-0.3, -0.25) is 4.79 Å². The van der Waals surface area contributed by atoms with Crippen molar-refractivity contribution in [2.75, 3.05) is 26.2 Å². The van der Waals surface area contributed by atoms with Crippen molar-refractivity contribution in [1.82, 2.24) is 10.6 Å². The van der Waals surface area contributed by atoms with Gasteiger partial charge in [-0.1, -0.05) is 0 Å². The third kappa shape index (κ3) is 5.94. The molecule has 0 radical (unpaired) electrons. The highest BCUT2D eigenvalue weighted by molar-refractivity contribution is 5.77. The standard InChI is InChI=1S/C10H20N2O2/c13-6-2-1-5-12-10(14)8-11-7-9-3-4-9/h9,11,13H,1-8H2,(H,12,14). The van der Waals surface area contributed by atoms with Gasteiger partial charge in [-0.2, -0.15) is 0 Å². The number of carbonyl (C=O) groups excluding carboxylic acids is 1. The summed E-state index contributed by atoms with van der Waals surface area (Å²) in [5.74, 6) is 0.876. The second kappa shape index (κ2) is 6.79. The summed E-state index contributed by atoms with van der Waals surface area (Å²) >= 11 is 0. The highest BCUT2D eigenvalue weighted by atomic mass is 16.2. The zero-order chi connectivity index (χ0) is 10.2. The Morgan fingerprint density at radius 2 is 2.14 bits per heavy atom. The van der Waals surface area contributed by atoms with Crippen molar-refractivity contribution in [2.24, 2.45) is 5.92 Å². The van der Waals surface area contributed by atoms with E-state index >= 15 is 0 Å². The molecule has 0 aromatic carbocycles. The van der Waals surface area contributed by atoms with Crippen LogP contribution in [0.1, 0.15) is 25.7 Å². The number of hydrogen-bond donors (Lipinski definition) is 3. The first-order valence-corrected chi connectivity index (χ1v) is 5.41. The van der Waals surface area contributed by atoms with Crippen LogP contribution in [0.2, 0.25) is 0 Å². The van der Waals surface area contributed by atoms with E-state index in [0.29, 0.717) is 13.1 Å². The van der Waals surface area contributed by atoms with Gasteiger partial charge in [0.05, 0.1) is 6.54 Å². The van der Waals surface area contributed by atoms with Crippen LogP contribution in [0, 0.1) is 5.92 Å². The van der Waals surface area contributed by atoms with Crippen molar-refractivity contribution in [3.05, 3.63) is 0 Å². The molecular weight excluding hydrogens is 180 g/mol. The molecule has 1 amide bonds. The molecule has 1 aliphatic rings. The minimum absolute atomic E-state index is 0.0589. The number of aliphatic hydroxyl groups is 1. The predicted octanol–water partition coefficient (Wildman–Crippen LogP) is -0.125. The van der Waals surface area contributed by atoms with Crippen LogP contribution >= 0.6 is 0 Å². The number of hydrogen-bond acceptors (Lipinski definition) is 3. The topological polar surface area (TPSA) is 61.4 Å². The maximum Gasteiger partial charge on any atom is 0.233 e. The summed E-state index contributed by atoms with van der Waals surface area (Å²) in [5.41, 5.74) is 0. The molecule has 0 bridgehead atoms. The lowest BCUT2D eigenvalue weighted by Gasteiger charge is -2.05. The van der Waals surface area contributed by atoms with Crippen LogP contribution in [-0.2, 0) is 4.79 Å². The molecule has 14 heavy (non-hydrogen) atoms. The normalized spacial score (nSPS) is 15.5. The van der Waals surface area contributed by atoms with Gasteiger partial charge in [0, 0.05) is 13.2 Å². The maximum atomic E-state index is 11.2. The smallest absolute Gasteiger partial charge is 0.233 e. The van der Waals surface area contributed by atoms with Crippen LogP contribution in [0.15, 0.2) is 0 Å². The van der Waals surface area contributed by atoms with Crippen molar-refractivity contribution in [3.8, 4) is 0 Å². The third-order valence-electron chi connectivity index (χ3n) is 2.32. The van der Waals surface area contributed by atoms with Crippen molar-refractivity contribution in [1.29, 1.82) is 0 Å². The summed E-state index contributed by atoms with van der Waals surface area (Å²) < 4.78 is 0. The molecule has 82 valence electrons. The van der Waals surface area contributed by atoms with Crippen LogP contribution < -0.4 is 10.6 Å². The van der Waals surface area contributed by atoms with E-state index in [9.17, 15) is 4.79 Å². The number of carbonyl (C=O) groups is 1. The Labute approximate surface area is 85.1 Å². The third-order valence-corrected chi connectivity index (χ3v) is 2.32. The fraction of sp³-hybridized carbons (Fsp3) is 0.900. The largest absolute Gasteiger partial charge is 0.396 e. The van der Waals surface area contributed by atoms with Crippen LogP contribution in [0.3, 0.4) is 0 Å². The zero-order valence-corrected chi connectivity index (χ0v) is 8.59. The molecule has 1 saturated carbocycles. The number of rotatable bonds is 8. The molecule has 0 spiro atoms. The average Bonchev–Trinajstić information content (AvgIpc) is 2.96. The predicted molar refractivity (Wildman–Crippen MR) is 54.9 cm³/mol. The van der Waals surface area contributed by atoms with Gasteiger partial charge in [0.25, 0.3) is 0 Å². The van der Waals surface area contributed by atoms with E-state index in [1.807, 2.05) is 0 Å². The molecule has 0 aliphatic heterocycles. The lowest BCUT2D eigenvalue weighted by atomic mass is 10.3. The molecule has 1 aliphatic carbocycles. The van der Waals surface area contributed by atoms with Crippen LogP contribution in [-0.4, -0.2) is 37.3 Å². The Kier molecular flexibility index (Phi) is 5.56. The minimum Gasteiger partial charge on any atom is -0.396 e. The Hall–Kier alpha value is -0.610. The van der Waals surface area contributed by atoms with Gasteiger partial charge in [-0.15, -0.1) is 0 Å². The second-order valence-electron chi connectivity index (χ2n) is 3.85. The quantitative estimate of drug-likeness (QED) is 0.478. The summed E-state index contributed by atoms with van der Waals surface area (Å²) in [5, 5.41) is 14.4. The van der Waals surface area contributed by atoms with E-state index in [4.69, 9.17) is 5.11 Å². The fourth-order valence-corrected chi connectivity index (χ4v) is 1.24. The van der Waals surface area contributed by atoms with Crippen molar-refractivity contribution < 1.29 is 9.90 Å². The number of aliphatic hydroxyl groups excluding tert-OH is 1. The Bertz CT molecular complexity index is 170. The van der Waals surface area contributed by atoms with Gasteiger partial charge in [0.15, 0.2) is 0 Å². The average molecular weight is 200 g/mol. The first kappa shape index (κ1) is 11.5. The molecule has 0 aromatic rings. The van der Waals surface area contributed by atoms with Crippen molar-refractivity contribution in [3.63, 3.8) is 0 Å². The van der Waals surface area contributed by atoms with Crippen molar-refractivity contribution >= 4 is 5.91 Å². The summed E-state index contributed by atoms with van der Waals surface area (Å²) in [6, 6.07) is 0. The SMILES string of the molecule is O=C(CNCC1CC1)NCCCCO. The van der Waals surface area contributed by atoms with E-state index in [1.54, 1.807) is 0 Å². The number of nitrogens with one attached hydrogen (secondary N) is 2. The molecule has 1 fully saturated rings. The van der Waals surface area contributed by atoms with E-state index in [-0.39, 0.29) is 12.5 Å². The summed E-state index contributed by atoms with van der Waals surface area (Å²) in [6.45, 7) is 2.28. The van der Waals surface area contributed by atoms with E-state index in [1.165, 1.54) is 12.8 Å². The molecule has 0 atom stereocenters. The molecule has 4 heteroatoms. The van der Waals surface area contributed by atoms with Crippen LogP contribution in [0.25, 0.3) is 0 Å². The molecule has 3 N–H and O–H groups in total. The highest BCUT2D eigenvalue weighted by Crippen LogP contribution is 2.27. The molecule has 0 heterocycles. The maximum absolute atomic E-state index is 11.2. The zero-order valence-electron chi connectivity index (χ0n) is 8.59. The lowest BCUT2D eigenvalue weighted by molar-refractivity contribution is -0.120. The summed E-state index contributed by atoms with van der Waals surface area (Å²) in [4.78, 5) is 11.2. The Balaban J connectivity index is 1.82. The van der Waals surface area contributed by atoms with Crippen LogP contribution in [0.5, 0.6) is 0 Å². The van der Waals surface area contributed by atoms with Gasteiger partial charge >= 0.3 is 0 Å². The van der Waals surface area contributed by atoms with Gasteiger partial charge in [-0.25, -0.2) is 0 Å². The second-order valence-corrected chi connectivity index (χ2v) is 3.85. The number of amides is 1. The first-order valence-electron chi connectivity index (χ1n) is 5.41. The number of unbranched alkanes of at least 4 members (excludes halogenated alkanes) is 1. The molecule has 4 nitrogen and oxygen atoms in total. The fourth-order valence-electron chi connectivity index (χ4n) is 1.24. The minimum atomic E-state index is 0.0589.